The van der Waals surface area contributed by atoms with E-state index < -0.39 is 0 Å². The lowest BCUT2D eigenvalue weighted by Crippen LogP contribution is -2.02. The molecule has 0 bridgehead atoms. The van der Waals surface area contributed by atoms with Gasteiger partial charge in [0, 0.05) is 0 Å². The summed E-state index contributed by atoms with van der Waals surface area (Å²) in [6.45, 7) is 0. The zero-order valence-electron chi connectivity index (χ0n) is 8.57. The molecule has 0 saturated carbocycles. The van der Waals surface area contributed by atoms with Gasteiger partial charge in [-0.2, -0.15) is 0 Å². The molecule has 0 N–H and O–H groups in total. The van der Waals surface area contributed by atoms with Gasteiger partial charge in [-0.25, -0.2) is 0 Å². The highest BCUT2D eigenvalue weighted by molar-refractivity contribution is 6.29. The summed E-state index contributed by atoms with van der Waals surface area (Å²) < 4.78 is 10.2. The number of halogens is 1. The van der Waals surface area contributed by atoms with E-state index in [-0.39, 0.29) is 16.8 Å². The van der Waals surface area contributed by atoms with E-state index in [0.29, 0.717) is 11.3 Å². The van der Waals surface area contributed by atoms with Crippen molar-refractivity contribution in [3.63, 3.8) is 0 Å². The van der Waals surface area contributed by atoms with Crippen LogP contribution in [-0.4, -0.2) is 12.9 Å². The maximum Gasteiger partial charge on any atom is 0.231 e. The molecule has 82 valence electrons. The van der Waals surface area contributed by atoms with Crippen LogP contribution in [0.25, 0.3) is 0 Å². The number of methoxy groups -OCH3 is 1. The molecular weight excluding hydrogens is 228 g/mol. The van der Waals surface area contributed by atoms with Crippen LogP contribution in [0, 0.1) is 0 Å². The average molecular weight is 237 g/mol. The Labute approximate surface area is 97.6 Å². The van der Waals surface area contributed by atoms with E-state index >= 15 is 0 Å². The van der Waals surface area contributed by atoms with Gasteiger partial charge in [0.05, 0.1) is 12.7 Å². The van der Waals surface area contributed by atoms with Crippen molar-refractivity contribution in [1.29, 1.82) is 0 Å². The van der Waals surface area contributed by atoms with Crippen molar-refractivity contribution in [2.24, 2.45) is 0 Å². The minimum absolute atomic E-state index is 0.193. The number of furan rings is 1. The lowest BCUT2D eigenvalue weighted by Gasteiger charge is -2.04. The smallest absolute Gasteiger partial charge is 0.231 e. The van der Waals surface area contributed by atoms with Gasteiger partial charge < -0.3 is 9.15 Å². The second kappa shape index (κ2) is 4.41. The number of ketones is 1. The first-order valence-electron chi connectivity index (χ1n) is 4.65. The first-order valence-corrected chi connectivity index (χ1v) is 5.03. The summed E-state index contributed by atoms with van der Waals surface area (Å²) in [5, 5.41) is 0.193. The molecule has 0 aliphatic carbocycles. The fourth-order valence-electron chi connectivity index (χ4n) is 1.40. The van der Waals surface area contributed by atoms with Gasteiger partial charge >= 0.3 is 0 Å². The predicted octanol–water partition coefficient (Wildman–Crippen LogP) is 3.17. The molecule has 1 aromatic carbocycles. The second-order valence-corrected chi connectivity index (χ2v) is 3.51. The minimum atomic E-state index is -0.246. The topological polar surface area (TPSA) is 39.4 Å². The lowest BCUT2D eigenvalue weighted by atomic mass is 10.1. The van der Waals surface area contributed by atoms with Crippen LogP contribution in [0.5, 0.6) is 5.75 Å². The molecule has 0 fully saturated rings. The van der Waals surface area contributed by atoms with Crippen molar-refractivity contribution in [2.75, 3.05) is 7.11 Å². The van der Waals surface area contributed by atoms with Crippen LogP contribution in [0.4, 0.5) is 0 Å². The van der Waals surface area contributed by atoms with Crippen LogP contribution in [0.15, 0.2) is 40.8 Å². The van der Waals surface area contributed by atoms with E-state index in [0.717, 1.165) is 0 Å². The van der Waals surface area contributed by atoms with Gasteiger partial charge in [-0.3, -0.25) is 4.79 Å². The first-order chi connectivity index (χ1) is 7.72. The number of carbonyl (C=O) groups excluding carboxylic acids is 1. The number of carbonyl (C=O) groups is 1. The molecule has 2 aromatic rings. The maximum absolute atomic E-state index is 12.0. The van der Waals surface area contributed by atoms with E-state index in [2.05, 4.69) is 0 Å². The zero-order chi connectivity index (χ0) is 11.5. The molecule has 0 atom stereocenters. The fourth-order valence-corrected chi connectivity index (χ4v) is 1.55. The van der Waals surface area contributed by atoms with Gasteiger partial charge in [-0.15, -0.1) is 0 Å². The highest BCUT2D eigenvalue weighted by Crippen LogP contribution is 2.23. The van der Waals surface area contributed by atoms with Gasteiger partial charge in [0.2, 0.25) is 5.78 Å². The highest BCUT2D eigenvalue weighted by atomic mass is 35.5. The molecular formula is C12H9ClO3. The van der Waals surface area contributed by atoms with Gasteiger partial charge in [0.25, 0.3) is 0 Å². The molecule has 4 heteroatoms. The first kappa shape index (κ1) is 10.8. The number of hydrogen-bond acceptors (Lipinski definition) is 3. The third-order valence-electron chi connectivity index (χ3n) is 2.15. The summed E-state index contributed by atoms with van der Waals surface area (Å²) >= 11 is 5.62. The second-order valence-electron chi connectivity index (χ2n) is 3.13. The van der Waals surface area contributed by atoms with Crippen molar-refractivity contribution < 1.29 is 13.9 Å². The predicted molar refractivity (Wildman–Crippen MR) is 60.1 cm³/mol. The van der Waals surface area contributed by atoms with E-state index in [1.807, 2.05) is 0 Å². The molecule has 0 aliphatic heterocycles. The monoisotopic (exact) mass is 236 g/mol. The Morgan fingerprint density at radius 3 is 2.62 bits per heavy atom. The summed E-state index contributed by atoms with van der Waals surface area (Å²) in [6, 6.07) is 10.0. The van der Waals surface area contributed by atoms with Gasteiger partial charge in [0.15, 0.2) is 11.0 Å². The number of para-hydroxylation sites is 1. The molecule has 1 aromatic heterocycles. The van der Waals surface area contributed by atoms with Crippen LogP contribution in [0.3, 0.4) is 0 Å². The van der Waals surface area contributed by atoms with Gasteiger partial charge in [-0.1, -0.05) is 12.1 Å². The Morgan fingerprint density at radius 1 is 1.25 bits per heavy atom. The summed E-state index contributed by atoms with van der Waals surface area (Å²) in [6.07, 6.45) is 0. The largest absolute Gasteiger partial charge is 0.496 e. The molecule has 16 heavy (non-hydrogen) atoms. The maximum atomic E-state index is 12.0. The van der Waals surface area contributed by atoms with Crippen LogP contribution < -0.4 is 4.74 Å². The number of benzene rings is 1. The third-order valence-corrected chi connectivity index (χ3v) is 2.35. The normalized spacial score (nSPS) is 10.1. The summed E-state index contributed by atoms with van der Waals surface area (Å²) in [4.78, 5) is 12.0. The van der Waals surface area contributed by atoms with Crippen molar-refractivity contribution in [2.45, 2.75) is 0 Å². The highest BCUT2D eigenvalue weighted by Gasteiger charge is 2.16. The fraction of sp³-hybridized carbons (Fsp3) is 0.0833. The van der Waals surface area contributed by atoms with Crippen molar-refractivity contribution in [1.82, 2.24) is 0 Å². The van der Waals surface area contributed by atoms with Crippen LogP contribution >= 0.6 is 11.6 Å². The van der Waals surface area contributed by atoms with Gasteiger partial charge in [0.1, 0.15) is 5.75 Å². The third kappa shape index (κ3) is 1.95. The molecule has 0 unspecified atom stereocenters. The van der Waals surface area contributed by atoms with Crippen molar-refractivity contribution >= 4 is 17.4 Å². The Balaban J connectivity index is 2.41. The molecule has 0 spiro atoms. The van der Waals surface area contributed by atoms with Crippen LogP contribution in [0.1, 0.15) is 16.1 Å². The molecule has 0 amide bonds. The Kier molecular flexibility index (Phi) is 2.97. The minimum Gasteiger partial charge on any atom is -0.496 e. The SMILES string of the molecule is COc1ccccc1C(=O)c1ccc(Cl)o1. The number of rotatable bonds is 3. The number of hydrogen-bond donors (Lipinski definition) is 0. The Bertz CT molecular complexity index is 516. The Hall–Kier alpha value is -1.74. The van der Waals surface area contributed by atoms with E-state index in [1.165, 1.54) is 19.2 Å². The molecule has 2 rings (SSSR count). The summed E-state index contributed by atoms with van der Waals surface area (Å²) in [5.41, 5.74) is 0.455. The molecule has 0 aliphatic rings. The Morgan fingerprint density at radius 2 is 2.00 bits per heavy atom. The summed E-state index contributed by atoms with van der Waals surface area (Å²) in [5.74, 6) is 0.471. The van der Waals surface area contributed by atoms with Crippen LogP contribution in [-0.2, 0) is 0 Å². The molecule has 0 radical (unpaired) electrons. The van der Waals surface area contributed by atoms with Crippen molar-refractivity contribution in [3.05, 3.63) is 52.9 Å². The van der Waals surface area contributed by atoms with Crippen LogP contribution in [0.2, 0.25) is 5.22 Å². The molecule has 1 heterocycles. The summed E-state index contributed by atoms with van der Waals surface area (Å²) in [7, 11) is 1.52. The average Bonchev–Trinajstić information content (AvgIpc) is 2.75. The standard InChI is InChI=1S/C12H9ClO3/c1-15-9-5-3-2-4-8(9)12(14)10-6-7-11(13)16-10/h2-7H,1H3. The zero-order valence-corrected chi connectivity index (χ0v) is 9.32. The van der Waals surface area contributed by atoms with Gasteiger partial charge in [-0.05, 0) is 35.9 Å². The number of ether oxygens (including phenoxy) is 1. The quantitative estimate of drug-likeness (QED) is 0.769. The molecule has 3 nitrogen and oxygen atoms in total. The van der Waals surface area contributed by atoms with E-state index in [9.17, 15) is 4.79 Å². The molecule has 0 saturated heterocycles. The van der Waals surface area contributed by atoms with E-state index in [4.69, 9.17) is 20.8 Å². The van der Waals surface area contributed by atoms with Crippen molar-refractivity contribution in [3.8, 4) is 5.75 Å². The lowest BCUT2D eigenvalue weighted by molar-refractivity contribution is 0.101. The van der Waals surface area contributed by atoms with E-state index in [1.54, 1.807) is 24.3 Å².